The van der Waals surface area contributed by atoms with Crippen LogP contribution in [0.1, 0.15) is 5.69 Å². The average molecular weight is 551 g/mol. The Morgan fingerprint density at radius 3 is 2.28 bits per heavy atom. The molecule has 7 nitrogen and oxygen atoms in total. The SMILES string of the molecule is O=C1NC(=S)N(c2ccc(Oc3ccccc3)cc2)C(=O)C1=Cc1nc(-c2ccc(Cl)cc2)n2ccccc12. The van der Waals surface area contributed by atoms with Crippen LogP contribution in [0.15, 0.2) is 109 Å². The number of para-hydroxylation sites is 1. The molecule has 1 N–H and O–H groups in total. The lowest BCUT2D eigenvalue weighted by molar-refractivity contribution is -0.122. The largest absolute Gasteiger partial charge is 0.457 e. The molecule has 39 heavy (non-hydrogen) atoms. The fraction of sp³-hybridized carbons (Fsp3) is 0. The number of nitrogens with one attached hydrogen (secondary N) is 1. The van der Waals surface area contributed by atoms with Crippen molar-refractivity contribution in [2.75, 3.05) is 4.90 Å². The molecule has 9 heteroatoms. The molecule has 190 valence electrons. The number of amides is 2. The van der Waals surface area contributed by atoms with Crippen LogP contribution in [0.25, 0.3) is 23.0 Å². The number of nitrogens with zero attached hydrogens (tertiary/aromatic N) is 3. The Balaban J connectivity index is 1.35. The van der Waals surface area contributed by atoms with Crippen LogP contribution < -0.4 is 15.0 Å². The minimum atomic E-state index is -0.588. The highest BCUT2D eigenvalue weighted by Crippen LogP contribution is 2.29. The van der Waals surface area contributed by atoms with Crippen LogP contribution in [0.3, 0.4) is 0 Å². The van der Waals surface area contributed by atoms with Crippen molar-refractivity contribution >= 4 is 58.0 Å². The number of aromatic nitrogens is 2. The van der Waals surface area contributed by atoms with E-state index in [0.717, 1.165) is 11.1 Å². The lowest BCUT2D eigenvalue weighted by Crippen LogP contribution is -2.54. The van der Waals surface area contributed by atoms with Gasteiger partial charge in [-0.15, -0.1) is 0 Å². The average Bonchev–Trinajstić information content (AvgIpc) is 3.31. The molecular weight excluding hydrogens is 532 g/mol. The second-order valence-corrected chi connectivity index (χ2v) is 9.47. The minimum absolute atomic E-state index is 0.00423. The molecule has 5 aromatic rings. The second-order valence-electron chi connectivity index (χ2n) is 8.65. The van der Waals surface area contributed by atoms with E-state index >= 15 is 0 Å². The number of halogens is 1. The van der Waals surface area contributed by atoms with Gasteiger partial charge in [0.25, 0.3) is 11.8 Å². The van der Waals surface area contributed by atoms with Gasteiger partial charge in [-0.3, -0.25) is 24.2 Å². The molecule has 0 radical (unpaired) electrons. The van der Waals surface area contributed by atoms with Crippen molar-refractivity contribution in [3.8, 4) is 22.9 Å². The summed E-state index contributed by atoms with van der Waals surface area (Å²) in [6.07, 6.45) is 3.37. The number of carbonyl (C=O) groups excluding carboxylic acids is 2. The second kappa shape index (κ2) is 10.2. The molecular formula is C30H19ClN4O3S. The highest BCUT2D eigenvalue weighted by atomic mass is 35.5. The van der Waals surface area contributed by atoms with E-state index < -0.39 is 11.8 Å². The number of carbonyl (C=O) groups is 2. The molecule has 1 fully saturated rings. The molecule has 0 atom stereocenters. The van der Waals surface area contributed by atoms with Gasteiger partial charge in [0.2, 0.25) is 0 Å². The Morgan fingerprint density at radius 1 is 0.846 bits per heavy atom. The molecule has 2 aromatic heterocycles. The van der Waals surface area contributed by atoms with E-state index in [1.54, 1.807) is 36.4 Å². The lowest BCUT2D eigenvalue weighted by atomic mass is 10.1. The number of ether oxygens (including phenoxy) is 1. The third kappa shape index (κ3) is 4.79. The zero-order valence-corrected chi connectivity index (χ0v) is 21.8. The highest BCUT2D eigenvalue weighted by molar-refractivity contribution is 7.80. The first kappa shape index (κ1) is 24.5. The maximum Gasteiger partial charge on any atom is 0.270 e. The quantitative estimate of drug-likeness (QED) is 0.158. The summed E-state index contributed by atoms with van der Waals surface area (Å²) in [6, 6.07) is 29.2. The van der Waals surface area contributed by atoms with E-state index in [9.17, 15) is 9.59 Å². The number of fused-ring (bicyclic) bond motifs is 1. The fourth-order valence-corrected chi connectivity index (χ4v) is 4.69. The lowest BCUT2D eigenvalue weighted by Gasteiger charge is -2.28. The van der Waals surface area contributed by atoms with Gasteiger partial charge in [-0.05, 0) is 91.1 Å². The molecule has 3 aromatic carbocycles. The predicted octanol–water partition coefficient (Wildman–Crippen LogP) is 6.28. The summed E-state index contributed by atoms with van der Waals surface area (Å²) in [4.78, 5) is 32.6. The van der Waals surface area contributed by atoms with E-state index in [1.165, 1.54) is 11.0 Å². The van der Waals surface area contributed by atoms with Crippen molar-refractivity contribution in [2.45, 2.75) is 0 Å². The number of anilines is 1. The standard InChI is InChI=1S/C30H19ClN4O3S/c31-20-11-9-19(10-12-20)27-32-25(26-8-4-5-17-34(26)27)18-24-28(36)33-30(39)35(29(24)37)21-13-15-23(16-14-21)38-22-6-2-1-3-7-22/h1-18H,(H,33,36,39). The van der Waals surface area contributed by atoms with Gasteiger partial charge in [-0.1, -0.05) is 35.9 Å². The monoisotopic (exact) mass is 550 g/mol. The van der Waals surface area contributed by atoms with Crippen LogP contribution in [0.5, 0.6) is 11.5 Å². The first-order chi connectivity index (χ1) is 19.0. The van der Waals surface area contributed by atoms with Crippen LogP contribution in [0.2, 0.25) is 5.02 Å². The minimum Gasteiger partial charge on any atom is -0.457 e. The van der Waals surface area contributed by atoms with Gasteiger partial charge >= 0.3 is 0 Å². The number of imidazole rings is 1. The van der Waals surface area contributed by atoms with Crippen molar-refractivity contribution < 1.29 is 14.3 Å². The molecule has 0 spiro atoms. The van der Waals surface area contributed by atoms with E-state index in [0.29, 0.717) is 33.7 Å². The van der Waals surface area contributed by atoms with Crippen LogP contribution in [0.4, 0.5) is 5.69 Å². The van der Waals surface area contributed by atoms with Gasteiger partial charge in [0.15, 0.2) is 5.11 Å². The van der Waals surface area contributed by atoms with Gasteiger partial charge in [-0.2, -0.15) is 0 Å². The maximum absolute atomic E-state index is 13.6. The Labute approximate surface area is 233 Å². The van der Waals surface area contributed by atoms with E-state index in [2.05, 4.69) is 5.32 Å². The normalized spacial score (nSPS) is 14.6. The first-order valence-electron chi connectivity index (χ1n) is 12.0. The third-order valence-corrected chi connectivity index (χ3v) is 6.67. The molecule has 0 saturated carbocycles. The third-order valence-electron chi connectivity index (χ3n) is 6.14. The molecule has 1 aliphatic rings. The number of pyridine rings is 1. The predicted molar refractivity (Wildman–Crippen MR) is 155 cm³/mol. The van der Waals surface area contributed by atoms with Crippen molar-refractivity contribution in [3.63, 3.8) is 0 Å². The summed E-state index contributed by atoms with van der Waals surface area (Å²) in [5.74, 6) is 0.803. The van der Waals surface area contributed by atoms with Crippen LogP contribution in [-0.2, 0) is 9.59 Å². The van der Waals surface area contributed by atoms with Crippen LogP contribution in [0, 0.1) is 0 Å². The fourth-order valence-electron chi connectivity index (χ4n) is 4.29. The van der Waals surface area contributed by atoms with E-state index in [4.69, 9.17) is 33.5 Å². The summed E-state index contributed by atoms with van der Waals surface area (Å²) in [6.45, 7) is 0. The highest BCUT2D eigenvalue weighted by Gasteiger charge is 2.35. The number of hydrogen-bond acceptors (Lipinski definition) is 5. The summed E-state index contributed by atoms with van der Waals surface area (Å²) in [5.41, 5.74) is 2.45. The number of thiocarbonyl (C=S) groups is 1. The maximum atomic E-state index is 13.6. The Kier molecular flexibility index (Phi) is 6.40. The topological polar surface area (TPSA) is 75.9 Å². The number of benzene rings is 3. The van der Waals surface area contributed by atoms with Crippen LogP contribution >= 0.6 is 23.8 Å². The van der Waals surface area contributed by atoms with Gasteiger partial charge in [0.1, 0.15) is 22.9 Å². The van der Waals surface area contributed by atoms with Crippen molar-refractivity contribution in [2.24, 2.45) is 0 Å². The van der Waals surface area contributed by atoms with Crippen molar-refractivity contribution in [1.82, 2.24) is 14.7 Å². The molecule has 2 amide bonds. The van der Waals surface area contributed by atoms with E-state index in [-0.39, 0.29) is 10.7 Å². The van der Waals surface area contributed by atoms with Gasteiger partial charge in [-0.25, -0.2) is 4.98 Å². The van der Waals surface area contributed by atoms with Crippen LogP contribution in [-0.4, -0.2) is 26.3 Å². The Bertz CT molecular complexity index is 1760. The number of hydrogen-bond donors (Lipinski definition) is 1. The molecule has 6 rings (SSSR count). The summed E-state index contributed by atoms with van der Waals surface area (Å²) < 4.78 is 7.74. The molecule has 1 saturated heterocycles. The van der Waals surface area contributed by atoms with Gasteiger partial charge < -0.3 is 4.74 Å². The summed E-state index contributed by atoms with van der Waals surface area (Å²) >= 11 is 11.4. The van der Waals surface area contributed by atoms with Gasteiger partial charge in [0, 0.05) is 16.8 Å². The molecule has 0 unspecified atom stereocenters. The zero-order valence-electron chi connectivity index (χ0n) is 20.2. The zero-order chi connectivity index (χ0) is 26.9. The van der Waals surface area contributed by atoms with Crippen molar-refractivity contribution in [3.05, 3.63) is 120 Å². The van der Waals surface area contributed by atoms with E-state index in [1.807, 2.05) is 71.3 Å². The van der Waals surface area contributed by atoms with Crippen molar-refractivity contribution in [1.29, 1.82) is 0 Å². The Hall–Kier alpha value is -4.79. The van der Waals surface area contributed by atoms with Gasteiger partial charge in [0.05, 0.1) is 16.9 Å². The summed E-state index contributed by atoms with van der Waals surface area (Å²) in [7, 11) is 0. The number of rotatable bonds is 5. The molecule has 3 heterocycles. The molecule has 1 aliphatic heterocycles. The molecule has 0 aliphatic carbocycles. The summed E-state index contributed by atoms with van der Waals surface area (Å²) in [5, 5.41) is 3.23. The first-order valence-corrected chi connectivity index (χ1v) is 12.7. The Morgan fingerprint density at radius 2 is 1.54 bits per heavy atom. The molecule has 0 bridgehead atoms. The smallest absolute Gasteiger partial charge is 0.270 e.